The number of rotatable bonds is 9. The van der Waals surface area contributed by atoms with Gasteiger partial charge in [-0.25, -0.2) is 0 Å². The molecule has 1 unspecified atom stereocenters. The first-order valence-corrected chi connectivity index (χ1v) is 16.8. The van der Waals surface area contributed by atoms with Crippen LogP contribution in [0.4, 0.5) is 0 Å². The van der Waals surface area contributed by atoms with Crippen LogP contribution in [0.1, 0.15) is 107 Å². The lowest BCUT2D eigenvalue weighted by atomic mass is 9.75. The maximum absolute atomic E-state index is 13.5. The van der Waals surface area contributed by atoms with Gasteiger partial charge in [-0.2, -0.15) is 0 Å². The van der Waals surface area contributed by atoms with Crippen LogP contribution in [0.25, 0.3) is 0 Å². The van der Waals surface area contributed by atoms with Crippen molar-refractivity contribution in [3.8, 4) is 17.2 Å². The van der Waals surface area contributed by atoms with Gasteiger partial charge in [0.1, 0.15) is 22.8 Å². The lowest BCUT2D eigenvalue weighted by Crippen LogP contribution is -2.42. The molecule has 5 heteroatoms. The summed E-state index contributed by atoms with van der Waals surface area (Å²) in [4.78, 5) is 5.19. The van der Waals surface area contributed by atoms with Crippen LogP contribution in [0.3, 0.4) is 0 Å². The fraction of sp³-hybridized carbons (Fsp3) is 0.419. The van der Waals surface area contributed by atoms with Crippen molar-refractivity contribution in [2.75, 3.05) is 14.2 Å². The zero-order valence-electron chi connectivity index (χ0n) is 31.0. The van der Waals surface area contributed by atoms with Crippen LogP contribution in [0.5, 0.6) is 17.2 Å². The zero-order chi connectivity index (χ0) is 35.7. The van der Waals surface area contributed by atoms with Crippen LogP contribution in [-0.2, 0) is 28.3 Å². The number of phenolic OH excluding ortho intramolecular Hbond substituents is 1. The van der Waals surface area contributed by atoms with Gasteiger partial charge < -0.3 is 19.7 Å². The van der Waals surface area contributed by atoms with Crippen LogP contribution in [0.15, 0.2) is 83.9 Å². The second kappa shape index (κ2) is 13.8. The number of hydrogen-bond donors (Lipinski definition) is 2. The van der Waals surface area contributed by atoms with Crippen LogP contribution in [-0.4, -0.2) is 36.7 Å². The summed E-state index contributed by atoms with van der Waals surface area (Å²) in [5, 5.41) is 25.0. The van der Waals surface area contributed by atoms with Crippen LogP contribution < -0.4 is 9.47 Å². The molecule has 0 fully saturated rings. The summed E-state index contributed by atoms with van der Waals surface area (Å²) in [5.41, 5.74) is 4.58. The fourth-order valence-electron chi connectivity index (χ4n) is 6.24. The summed E-state index contributed by atoms with van der Waals surface area (Å²) in [6.45, 7) is 21.2. The number of nitrogens with zero attached hydrogens (tertiary/aromatic N) is 1. The third-order valence-corrected chi connectivity index (χ3v) is 9.20. The van der Waals surface area contributed by atoms with Gasteiger partial charge in [0.05, 0.1) is 20.3 Å². The maximum atomic E-state index is 13.5. The number of ether oxygens (including phenoxy) is 2. The molecule has 0 spiro atoms. The molecule has 0 aliphatic rings. The molecule has 0 radical (unpaired) electrons. The van der Waals surface area contributed by atoms with E-state index >= 15 is 0 Å². The summed E-state index contributed by atoms with van der Waals surface area (Å²) >= 11 is 0. The van der Waals surface area contributed by atoms with E-state index in [-0.39, 0.29) is 22.0 Å². The van der Waals surface area contributed by atoms with Crippen molar-refractivity contribution < 1.29 is 19.7 Å². The van der Waals surface area contributed by atoms with Gasteiger partial charge in [-0.1, -0.05) is 123 Å². The van der Waals surface area contributed by atoms with E-state index in [9.17, 15) is 10.2 Å². The van der Waals surface area contributed by atoms with E-state index in [2.05, 4.69) is 74.4 Å². The number of aromatic hydroxyl groups is 1. The molecule has 4 rings (SSSR count). The van der Waals surface area contributed by atoms with E-state index in [1.54, 1.807) is 20.4 Å². The van der Waals surface area contributed by atoms with E-state index in [1.165, 1.54) is 0 Å². The Balaban J connectivity index is 2.08. The van der Waals surface area contributed by atoms with Gasteiger partial charge in [0, 0.05) is 28.5 Å². The number of hydrogen-bond acceptors (Lipinski definition) is 5. The van der Waals surface area contributed by atoms with Crippen molar-refractivity contribution >= 4 is 6.21 Å². The number of aliphatic imine (C=N–C) groups is 1. The Morgan fingerprint density at radius 2 is 1.17 bits per heavy atom. The molecule has 1 atom stereocenters. The van der Waals surface area contributed by atoms with Crippen molar-refractivity contribution in [3.05, 3.63) is 123 Å². The zero-order valence-corrected chi connectivity index (χ0v) is 31.0. The topological polar surface area (TPSA) is 71.3 Å². The van der Waals surface area contributed by atoms with Crippen LogP contribution >= 0.6 is 0 Å². The molecule has 2 N–H and O–H groups in total. The Morgan fingerprint density at radius 1 is 0.667 bits per heavy atom. The van der Waals surface area contributed by atoms with E-state index in [1.807, 2.05) is 73.7 Å². The monoisotopic (exact) mass is 649 g/mol. The number of phenols is 1. The summed E-state index contributed by atoms with van der Waals surface area (Å²) < 4.78 is 12.1. The molecule has 0 heterocycles. The lowest BCUT2D eigenvalue weighted by molar-refractivity contribution is 0.0477. The minimum absolute atomic E-state index is 0.134. The third kappa shape index (κ3) is 7.79. The predicted octanol–water partition coefficient (Wildman–Crippen LogP) is 9.58. The molecule has 5 nitrogen and oxygen atoms in total. The lowest BCUT2D eigenvalue weighted by Gasteiger charge is -2.38. The highest BCUT2D eigenvalue weighted by molar-refractivity contribution is 5.85. The van der Waals surface area contributed by atoms with E-state index in [0.29, 0.717) is 34.6 Å². The molecular formula is C43H55NO4. The summed E-state index contributed by atoms with van der Waals surface area (Å²) in [5.74, 6) is 1.32. The van der Waals surface area contributed by atoms with Crippen molar-refractivity contribution in [1.29, 1.82) is 0 Å². The summed E-state index contributed by atoms with van der Waals surface area (Å²) in [7, 11) is 3.28. The molecule has 0 aliphatic heterocycles. The number of aryl methyl sites for hydroxylation is 1. The molecular weight excluding hydrogens is 594 g/mol. The molecule has 0 saturated heterocycles. The number of aliphatic hydroxyl groups is 1. The highest BCUT2D eigenvalue weighted by atomic mass is 16.5. The molecule has 0 bridgehead atoms. The van der Waals surface area contributed by atoms with E-state index in [4.69, 9.17) is 14.5 Å². The van der Waals surface area contributed by atoms with E-state index in [0.717, 1.165) is 27.8 Å². The van der Waals surface area contributed by atoms with Gasteiger partial charge in [-0.15, -0.1) is 0 Å². The second-order valence-corrected chi connectivity index (χ2v) is 16.1. The van der Waals surface area contributed by atoms with Crippen LogP contribution in [0, 0.1) is 6.92 Å². The smallest absolute Gasteiger partial charge is 0.144 e. The largest absolute Gasteiger partial charge is 0.507 e. The molecule has 256 valence electrons. The average Bonchev–Trinajstić information content (AvgIpc) is 3.02. The highest BCUT2D eigenvalue weighted by Gasteiger charge is 2.45. The Bertz CT molecular complexity index is 1690. The standard InChI is InChI=1S/C43H55NO4/c1-28-22-30(39(45)35(23-28)42(8,9)10)27-44-38(24-29-16-14-13-15-17-29)43(46,33-20-18-31(40(2,3)4)25-36(33)47-11)34-21-19-32(41(5,6)7)26-37(34)48-12/h13-23,25-27,38,45-46H,24H2,1-12H3. The highest BCUT2D eigenvalue weighted by Crippen LogP contribution is 2.46. The first-order valence-electron chi connectivity index (χ1n) is 16.8. The Morgan fingerprint density at radius 3 is 1.60 bits per heavy atom. The fourth-order valence-corrected chi connectivity index (χ4v) is 6.24. The molecule has 48 heavy (non-hydrogen) atoms. The first kappa shape index (κ1) is 36.7. The molecule has 4 aromatic rings. The molecule has 0 aliphatic carbocycles. The third-order valence-electron chi connectivity index (χ3n) is 9.20. The molecule has 4 aromatic carbocycles. The van der Waals surface area contributed by atoms with Gasteiger partial charge >= 0.3 is 0 Å². The molecule has 0 aromatic heterocycles. The number of methoxy groups -OCH3 is 2. The molecule has 0 saturated carbocycles. The van der Waals surface area contributed by atoms with Gasteiger partial charge in [-0.05, 0) is 70.0 Å². The van der Waals surface area contributed by atoms with E-state index < -0.39 is 11.6 Å². The van der Waals surface area contributed by atoms with Crippen molar-refractivity contribution in [2.24, 2.45) is 4.99 Å². The van der Waals surface area contributed by atoms with Crippen LogP contribution in [0.2, 0.25) is 0 Å². The quantitative estimate of drug-likeness (QED) is 0.177. The Labute approximate surface area is 288 Å². The average molecular weight is 650 g/mol. The minimum atomic E-state index is -1.71. The van der Waals surface area contributed by atoms with Crippen molar-refractivity contribution in [3.63, 3.8) is 0 Å². The van der Waals surface area contributed by atoms with Gasteiger partial charge in [0.2, 0.25) is 0 Å². The van der Waals surface area contributed by atoms with Crippen molar-refractivity contribution in [1.82, 2.24) is 0 Å². The second-order valence-electron chi connectivity index (χ2n) is 16.1. The maximum Gasteiger partial charge on any atom is 0.144 e. The summed E-state index contributed by atoms with van der Waals surface area (Å²) in [6, 6.07) is 25.3. The van der Waals surface area contributed by atoms with Crippen molar-refractivity contribution in [2.45, 2.75) is 104 Å². The van der Waals surface area contributed by atoms with Gasteiger partial charge in [0.15, 0.2) is 0 Å². The normalized spacial score (nSPS) is 13.5. The Hall–Kier alpha value is -4.09. The van der Waals surface area contributed by atoms with Gasteiger partial charge in [-0.3, -0.25) is 4.99 Å². The minimum Gasteiger partial charge on any atom is -0.507 e. The summed E-state index contributed by atoms with van der Waals surface area (Å²) in [6.07, 6.45) is 2.11. The number of benzene rings is 4. The van der Waals surface area contributed by atoms with Gasteiger partial charge in [0.25, 0.3) is 0 Å². The Kier molecular flexibility index (Phi) is 10.6. The first-order chi connectivity index (χ1) is 22.3. The SMILES string of the molecule is COc1cc(C(C)(C)C)ccc1C(O)(c1ccc(C(C)(C)C)cc1OC)C(Cc1ccccc1)N=Cc1cc(C)cc(C(C)(C)C)c1O. The predicted molar refractivity (Wildman–Crippen MR) is 199 cm³/mol. The molecule has 0 amide bonds.